The molecule has 1 fully saturated rings. The third-order valence-electron chi connectivity index (χ3n) is 3.73. The molecule has 2 amide bonds. The van der Waals surface area contributed by atoms with E-state index < -0.39 is 0 Å². The lowest BCUT2D eigenvalue weighted by Crippen LogP contribution is -2.23. The maximum absolute atomic E-state index is 11.7. The van der Waals surface area contributed by atoms with Gasteiger partial charge in [-0.1, -0.05) is 26.0 Å². The second kappa shape index (κ2) is 7.78. The number of carbonyl (C=O) groups is 2. The molecule has 0 aromatic heterocycles. The number of amides is 2. The van der Waals surface area contributed by atoms with Crippen molar-refractivity contribution in [1.29, 1.82) is 0 Å². The fourth-order valence-corrected chi connectivity index (χ4v) is 2.40. The Kier molecular flexibility index (Phi) is 5.75. The first-order chi connectivity index (χ1) is 10.6. The molecule has 1 aliphatic rings. The average Bonchev–Trinajstić information content (AvgIpc) is 2.91. The number of benzene rings is 1. The average molecular weight is 300 g/mol. The van der Waals surface area contributed by atoms with Gasteiger partial charge < -0.3 is 10.2 Å². The smallest absolute Gasteiger partial charge is 0.243 e. The van der Waals surface area contributed by atoms with E-state index in [2.05, 4.69) is 19.2 Å². The van der Waals surface area contributed by atoms with Gasteiger partial charge in [0.15, 0.2) is 0 Å². The van der Waals surface area contributed by atoms with Crippen LogP contribution in [0.2, 0.25) is 0 Å². The highest BCUT2D eigenvalue weighted by Crippen LogP contribution is 2.21. The van der Waals surface area contributed by atoms with E-state index in [4.69, 9.17) is 0 Å². The van der Waals surface area contributed by atoms with Crippen molar-refractivity contribution in [1.82, 2.24) is 5.32 Å². The van der Waals surface area contributed by atoms with Crippen LogP contribution in [0.4, 0.5) is 5.69 Å². The summed E-state index contributed by atoms with van der Waals surface area (Å²) < 4.78 is 0. The highest BCUT2D eigenvalue weighted by molar-refractivity contribution is 5.95. The monoisotopic (exact) mass is 300 g/mol. The molecule has 1 aliphatic heterocycles. The summed E-state index contributed by atoms with van der Waals surface area (Å²) in [6, 6.07) is 7.72. The highest BCUT2D eigenvalue weighted by Gasteiger charge is 2.21. The van der Waals surface area contributed by atoms with E-state index in [0.717, 1.165) is 30.6 Å². The van der Waals surface area contributed by atoms with E-state index >= 15 is 0 Å². The molecular formula is C18H24N2O2. The topological polar surface area (TPSA) is 49.4 Å². The van der Waals surface area contributed by atoms with Crippen molar-refractivity contribution in [2.75, 3.05) is 18.0 Å². The maximum atomic E-state index is 11.7. The zero-order chi connectivity index (χ0) is 15.9. The van der Waals surface area contributed by atoms with Crippen LogP contribution in [0.1, 0.15) is 38.7 Å². The van der Waals surface area contributed by atoms with E-state index in [1.807, 2.05) is 29.2 Å². The Morgan fingerprint density at radius 2 is 2.05 bits per heavy atom. The molecule has 1 heterocycles. The zero-order valence-corrected chi connectivity index (χ0v) is 13.3. The zero-order valence-electron chi connectivity index (χ0n) is 13.3. The third kappa shape index (κ3) is 4.72. The maximum Gasteiger partial charge on any atom is 0.243 e. The number of nitrogens with zero attached hydrogens (tertiary/aromatic N) is 1. The molecule has 4 heteroatoms. The lowest BCUT2D eigenvalue weighted by Gasteiger charge is -2.15. The van der Waals surface area contributed by atoms with Gasteiger partial charge in [-0.05, 0) is 42.5 Å². The molecule has 1 N–H and O–H groups in total. The fourth-order valence-electron chi connectivity index (χ4n) is 2.40. The van der Waals surface area contributed by atoms with E-state index in [1.165, 1.54) is 0 Å². The predicted octanol–water partition coefficient (Wildman–Crippen LogP) is 2.99. The molecule has 1 aromatic rings. The van der Waals surface area contributed by atoms with Crippen molar-refractivity contribution in [2.45, 2.75) is 33.1 Å². The Bertz CT molecular complexity index is 547. The molecule has 0 spiro atoms. The molecule has 0 radical (unpaired) electrons. The Morgan fingerprint density at radius 1 is 1.32 bits per heavy atom. The Morgan fingerprint density at radius 3 is 2.64 bits per heavy atom. The van der Waals surface area contributed by atoms with Crippen molar-refractivity contribution in [3.8, 4) is 0 Å². The minimum atomic E-state index is -0.0700. The number of carbonyl (C=O) groups excluding carboxylic acids is 2. The van der Waals surface area contributed by atoms with Gasteiger partial charge in [0.1, 0.15) is 0 Å². The summed E-state index contributed by atoms with van der Waals surface area (Å²) in [7, 11) is 0. The van der Waals surface area contributed by atoms with Crippen LogP contribution in [0.5, 0.6) is 0 Å². The summed E-state index contributed by atoms with van der Waals surface area (Å²) in [5.74, 6) is 0.706. The van der Waals surface area contributed by atoms with Gasteiger partial charge in [0.2, 0.25) is 11.8 Å². The summed E-state index contributed by atoms with van der Waals surface area (Å²) in [6.45, 7) is 5.77. The molecule has 0 saturated carbocycles. The molecule has 118 valence electrons. The highest BCUT2D eigenvalue weighted by atomic mass is 16.2. The lowest BCUT2D eigenvalue weighted by atomic mass is 10.1. The summed E-state index contributed by atoms with van der Waals surface area (Å²) in [6.07, 6.45) is 5.89. The van der Waals surface area contributed by atoms with E-state index in [9.17, 15) is 9.59 Å². The molecule has 2 rings (SSSR count). The minimum absolute atomic E-state index is 0.0700. The van der Waals surface area contributed by atoms with Gasteiger partial charge in [-0.25, -0.2) is 0 Å². The SMILES string of the molecule is CC(C)CCNC(=O)/C=C/c1ccc(N2CCCC2=O)cc1. The fraction of sp³-hybridized carbons (Fsp3) is 0.444. The largest absolute Gasteiger partial charge is 0.353 e. The van der Waals surface area contributed by atoms with Gasteiger partial charge >= 0.3 is 0 Å². The van der Waals surface area contributed by atoms with Gasteiger partial charge in [0.25, 0.3) is 0 Å². The normalized spacial score (nSPS) is 15.0. The quantitative estimate of drug-likeness (QED) is 0.821. The Labute approximate surface area is 132 Å². The van der Waals surface area contributed by atoms with E-state index in [1.54, 1.807) is 12.2 Å². The molecule has 1 saturated heterocycles. The number of hydrogen-bond donors (Lipinski definition) is 1. The predicted molar refractivity (Wildman–Crippen MR) is 89.5 cm³/mol. The molecule has 0 unspecified atom stereocenters. The van der Waals surface area contributed by atoms with Crippen molar-refractivity contribution < 1.29 is 9.59 Å². The van der Waals surface area contributed by atoms with Crippen molar-refractivity contribution in [2.24, 2.45) is 5.92 Å². The van der Waals surface area contributed by atoms with Crippen LogP contribution in [-0.4, -0.2) is 24.9 Å². The van der Waals surface area contributed by atoms with Gasteiger partial charge in [0.05, 0.1) is 0 Å². The van der Waals surface area contributed by atoms with Crippen LogP contribution in [0.15, 0.2) is 30.3 Å². The van der Waals surface area contributed by atoms with Crippen LogP contribution in [0.25, 0.3) is 6.08 Å². The van der Waals surface area contributed by atoms with Crippen LogP contribution >= 0.6 is 0 Å². The van der Waals surface area contributed by atoms with Crippen molar-refractivity contribution in [3.05, 3.63) is 35.9 Å². The molecule has 22 heavy (non-hydrogen) atoms. The van der Waals surface area contributed by atoms with Crippen LogP contribution in [-0.2, 0) is 9.59 Å². The number of nitrogens with one attached hydrogen (secondary N) is 1. The number of hydrogen-bond acceptors (Lipinski definition) is 2. The summed E-state index contributed by atoms with van der Waals surface area (Å²) in [4.78, 5) is 25.2. The lowest BCUT2D eigenvalue weighted by molar-refractivity contribution is -0.117. The first-order valence-electron chi connectivity index (χ1n) is 7.92. The number of rotatable bonds is 6. The van der Waals surface area contributed by atoms with E-state index in [-0.39, 0.29) is 11.8 Å². The Hall–Kier alpha value is -2.10. The standard InChI is InChI=1S/C18H24N2O2/c1-14(2)11-12-19-17(21)10-7-15-5-8-16(9-6-15)20-13-3-4-18(20)22/h5-10,14H,3-4,11-13H2,1-2H3,(H,19,21)/b10-7+. The molecule has 0 aliphatic carbocycles. The van der Waals surface area contributed by atoms with Gasteiger partial charge in [-0.3, -0.25) is 9.59 Å². The Balaban J connectivity index is 1.86. The molecule has 1 aromatic carbocycles. The molecule has 4 nitrogen and oxygen atoms in total. The summed E-state index contributed by atoms with van der Waals surface area (Å²) in [5.41, 5.74) is 1.88. The van der Waals surface area contributed by atoms with Crippen molar-refractivity contribution in [3.63, 3.8) is 0 Å². The third-order valence-corrected chi connectivity index (χ3v) is 3.73. The number of anilines is 1. The van der Waals surface area contributed by atoms with Gasteiger partial charge in [-0.15, -0.1) is 0 Å². The molecule has 0 bridgehead atoms. The first kappa shape index (κ1) is 16.3. The van der Waals surface area contributed by atoms with E-state index in [0.29, 0.717) is 18.9 Å². The second-order valence-corrected chi connectivity index (χ2v) is 6.05. The van der Waals surface area contributed by atoms with Crippen LogP contribution < -0.4 is 10.2 Å². The molecular weight excluding hydrogens is 276 g/mol. The molecule has 0 atom stereocenters. The van der Waals surface area contributed by atoms with Crippen LogP contribution in [0.3, 0.4) is 0 Å². The van der Waals surface area contributed by atoms with Gasteiger partial charge in [0, 0.05) is 31.3 Å². The summed E-state index contributed by atoms with van der Waals surface area (Å²) >= 11 is 0. The first-order valence-corrected chi connectivity index (χ1v) is 7.92. The summed E-state index contributed by atoms with van der Waals surface area (Å²) in [5, 5.41) is 2.87. The van der Waals surface area contributed by atoms with Gasteiger partial charge in [-0.2, -0.15) is 0 Å². The van der Waals surface area contributed by atoms with Crippen molar-refractivity contribution >= 4 is 23.6 Å². The van der Waals surface area contributed by atoms with Crippen LogP contribution in [0, 0.1) is 5.92 Å². The minimum Gasteiger partial charge on any atom is -0.353 e. The second-order valence-electron chi connectivity index (χ2n) is 6.05.